The molecule has 0 saturated heterocycles. The lowest BCUT2D eigenvalue weighted by Crippen LogP contribution is -2.14. The predicted octanol–water partition coefficient (Wildman–Crippen LogP) is 3.75. The van der Waals surface area contributed by atoms with Gasteiger partial charge in [-0.1, -0.05) is 39.0 Å². The van der Waals surface area contributed by atoms with Crippen LogP contribution in [0.4, 0.5) is 17.2 Å². The Morgan fingerprint density at radius 3 is 2.58 bits per heavy atom. The van der Waals surface area contributed by atoms with Crippen LogP contribution in [0.3, 0.4) is 0 Å². The van der Waals surface area contributed by atoms with Crippen molar-refractivity contribution in [1.82, 2.24) is 9.97 Å². The van der Waals surface area contributed by atoms with Crippen molar-refractivity contribution in [3.8, 4) is 0 Å². The van der Waals surface area contributed by atoms with Crippen LogP contribution in [0, 0.1) is 0 Å². The van der Waals surface area contributed by atoms with Crippen LogP contribution in [0.15, 0.2) is 30.5 Å². The Bertz CT molecular complexity index is 590. The molecule has 0 aliphatic carbocycles. The van der Waals surface area contributed by atoms with E-state index in [4.69, 9.17) is 17.3 Å². The number of nitrogens with one attached hydrogen (secondary N) is 1. The maximum atomic E-state index is 5.85. The van der Waals surface area contributed by atoms with E-state index in [2.05, 4.69) is 42.1 Å². The zero-order chi connectivity index (χ0) is 14.0. The zero-order valence-corrected chi connectivity index (χ0v) is 12.0. The summed E-state index contributed by atoms with van der Waals surface area (Å²) < 4.78 is 0. The van der Waals surface area contributed by atoms with Crippen LogP contribution in [-0.4, -0.2) is 9.97 Å². The zero-order valence-electron chi connectivity index (χ0n) is 11.2. The number of hydrogen-bond donors (Lipinski definition) is 2. The molecule has 0 aliphatic rings. The summed E-state index contributed by atoms with van der Waals surface area (Å²) in [6, 6.07) is 8.07. The first-order valence-corrected chi connectivity index (χ1v) is 6.40. The minimum Gasteiger partial charge on any atom is -0.394 e. The van der Waals surface area contributed by atoms with Crippen molar-refractivity contribution in [3.05, 3.63) is 41.3 Å². The van der Waals surface area contributed by atoms with Crippen molar-refractivity contribution in [1.29, 1.82) is 0 Å². The minimum atomic E-state index is 0.0230. The molecule has 0 aliphatic heterocycles. The number of hydrogen-bond acceptors (Lipinski definition) is 4. The average molecular weight is 277 g/mol. The summed E-state index contributed by atoms with van der Waals surface area (Å²) in [6.45, 7) is 6.47. The van der Waals surface area contributed by atoms with E-state index in [1.54, 1.807) is 0 Å². The van der Waals surface area contributed by atoms with Crippen molar-refractivity contribution < 1.29 is 0 Å². The Labute approximate surface area is 118 Å². The fourth-order valence-electron chi connectivity index (χ4n) is 1.84. The number of nitrogens with zero attached hydrogens (tertiary/aromatic N) is 2. The third kappa shape index (κ3) is 3.15. The number of nitrogen functional groups attached to an aromatic ring is 1. The summed E-state index contributed by atoms with van der Waals surface area (Å²) in [4.78, 5) is 7.95. The van der Waals surface area contributed by atoms with Crippen LogP contribution >= 0.6 is 11.6 Å². The van der Waals surface area contributed by atoms with Gasteiger partial charge in [-0.3, -0.25) is 0 Å². The molecular formula is C14H17ClN4. The topological polar surface area (TPSA) is 63.8 Å². The number of benzene rings is 1. The molecule has 0 fully saturated rings. The Kier molecular flexibility index (Phi) is 3.62. The van der Waals surface area contributed by atoms with Crippen molar-refractivity contribution in [3.63, 3.8) is 0 Å². The molecule has 19 heavy (non-hydrogen) atoms. The number of aromatic nitrogens is 2. The van der Waals surface area contributed by atoms with Crippen molar-refractivity contribution in [2.45, 2.75) is 26.2 Å². The van der Waals surface area contributed by atoms with Crippen LogP contribution in [0.5, 0.6) is 0 Å². The fraction of sp³-hybridized carbons (Fsp3) is 0.286. The molecule has 0 amide bonds. The van der Waals surface area contributed by atoms with E-state index in [0.29, 0.717) is 11.5 Å². The SMILES string of the molecule is CC(C)(C)c1ccccc1Nc1nc(Cl)ncc1N. The molecule has 0 radical (unpaired) electrons. The number of nitrogens with two attached hydrogens (primary N) is 1. The van der Waals surface area contributed by atoms with Gasteiger partial charge in [0.25, 0.3) is 0 Å². The highest BCUT2D eigenvalue weighted by molar-refractivity contribution is 6.28. The van der Waals surface area contributed by atoms with Gasteiger partial charge >= 0.3 is 0 Å². The van der Waals surface area contributed by atoms with E-state index in [0.717, 1.165) is 5.69 Å². The van der Waals surface area contributed by atoms with Gasteiger partial charge < -0.3 is 11.1 Å². The van der Waals surface area contributed by atoms with Crippen LogP contribution in [0.1, 0.15) is 26.3 Å². The highest BCUT2D eigenvalue weighted by atomic mass is 35.5. The lowest BCUT2D eigenvalue weighted by atomic mass is 9.86. The van der Waals surface area contributed by atoms with Crippen LogP contribution in [-0.2, 0) is 5.41 Å². The normalized spacial score (nSPS) is 11.4. The molecule has 1 aromatic carbocycles. The molecule has 0 saturated carbocycles. The molecular weight excluding hydrogens is 260 g/mol. The lowest BCUT2D eigenvalue weighted by molar-refractivity contribution is 0.592. The second-order valence-electron chi connectivity index (χ2n) is 5.36. The number of para-hydroxylation sites is 1. The van der Waals surface area contributed by atoms with Gasteiger partial charge in [0, 0.05) is 5.69 Å². The van der Waals surface area contributed by atoms with Crippen LogP contribution in [0.2, 0.25) is 5.28 Å². The van der Waals surface area contributed by atoms with Gasteiger partial charge in [0.2, 0.25) is 5.28 Å². The van der Waals surface area contributed by atoms with E-state index in [9.17, 15) is 0 Å². The van der Waals surface area contributed by atoms with Gasteiger partial charge in [-0.2, -0.15) is 4.98 Å². The number of halogens is 1. The molecule has 4 nitrogen and oxygen atoms in total. The van der Waals surface area contributed by atoms with Crippen LogP contribution in [0.25, 0.3) is 0 Å². The van der Waals surface area contributed by atoms with Crippen LogP contribution < -0.4 is 11.1 Å². The average Bonchev–Trinajstić information content (AvgIpc) is 2.33. The second-order valence-corrected chi connectivity index (χ2v) is 5.70. The van der Waals surface area contributed by atoms with Gasteiger partial charge in [0.1, 0.15) is 0 Å². The Balaban J connectivity index is 2.41. The minimum absolute atomic E-state index is 0.0230. The van der Waals surface area contributed by atoms with Crippen molar-refractivity contribution >= 4 is 28.8 Å². The predicted molar refractivity (Wildman–Crippen MR) is 79.9 cm³/mol. The molecule has 1 aromatic heterocycles. The van der Waals surface area contributed by atoms with Gasteiger partial charge in [-0.15, -0.1) is 0 Å². The molecule has 100 valence electrons. The first-order valence-electron chi connectivity index (χ1n) is 6.02. The first-order chi connectivity index (χ1) is 8.88. The van der Waals surface area contributed by atoms with E-state index in [1.165, 1.54) is 11.8 Å². The molecule has 1 heterocycles. The van der Waals surface area contributed by atoms with Crippen molar-refractivity contribution in [2.24, 2.45) is 0 Å². The molecule has 2 rings (SSSR count). The maximum Gasteiger partial charge on any atom is 0.224 e. The summed E-state index contributed by atoms with van der Waals surface area (Å²) in [6.07, 6.45) is 1.50. The summed E-state index contributed by atoms with van der Waals surface area (Å²) in [5, 5.41) is 3.40. The van der Waals surface area contributed by atoms with E-state index in [-0.39, 0.29) is 10.7 Å². The van der Waals surface area contributed by atoms with Gasteiger partial charge in [-0.25, -0.2) is 4.98 Å². The number of rotatable bonds is 2. The highest BCUT2D eigenvalue weighted by Gasteiger charge is 2.18. The molecule has 0 atom stereocenters. The molecule has 0 unspecified atom stereocenters. The van der Waals surface area contributed by atoms with E-state index in [1.807, 2.05) is 18.2 Å². The summed E-state index contributed by atoms with van der Waals surface area (Å²) in [5.74, 6) is 0.525. The molecule has 5 heteroatoms. The summed E-state index contributed by atoms with van der Waals surface area (Å²) in [5.41, 5.74) is 8.49. The Hall–Kier alpha value is -1.81. The largest absolute Gasteiger partial charge is 0.394 e. The third-order valence-corrected chi connectivity index (χ3v) is 2.96. The molecule has 3 N–H and O–H groups in total. The van der Waals surface area contributed by atoms with E-state index >= 15 is 0 Å². The van der Waals surface area contributed by atoms with Gasteiger partial charge in [-0.05, 0) is 28.6 Å². The fourth-order valence-corrected chi connectivity index (χ4v) is 1.98. The smallest absolute Gasteiger partial charge is 0.224 e. The Morgan fingerprint density at radius 2 is 1.89 bits per heavy atom. The van der Waals surface area contributed by atoms with Crippen molar-refractivity contribution in [2.75, 3.05) is 11.1 Å². The second kappa shape index (κ2) is 5.05. The molecule has 0 spiro atoms. The maximum absolute atomic E-state index is 5.85. The Morgan fingerprint density at radius 1 is 1.21 bits per heavy atom. The van der Waals surface area contributed by atoms with Gasteiger partial charge in [0.05, 0.1) is 11.9 Å². The lowest BCUT2D eigenvalue weighted by Gasteiger charge is -2.23. The summed E-state index contributed by atoms with van der Waals surface area (Å²) in [7, 11) is 0. The highest BCUT2D eigenvalue weighted by Crippen LogP contribution is 2.32. The molecule has 0 bridgehead atoms. The van der Waals surface area contributed by atoms with E-state index < -0.39 is 0 Å². The standard InChI is InChI=1S/C14H17ClN4/c1-14(2,3)9-6-4-5-7-11(9)18-12-10(16)8-17-13(15)19-12/h4-8H,16H2,1-3H3,(H,17,18,19). The molecule has 2 aromatic rings. The monoisotopic (exact) mass is 276 g/mol. The quantitative estimate of drug-likeness (QED) is 0.820. The summed E-state index contributed by atoms with van der Waals surface area (Å²) >= 11 is 5.79. The first kappa shape index (κ1) is 13.6. The van der Waals surface area contributed by atoms with Gasteiger partial charge in [0.15, 0.2) is 5.82 Å². The third-order valence-electron chi connectivity index (χ3n) is 2.78. The number of anilines is 3.